The van der Waals surface area contributed by atoms with Gasteiger partial charge in [-0.1, -0.05) is 27.7 Å². The van der Waals surface area contributed by atoms with E-state index in [1.807, 2.05) is 0 Å². The van der Waals surface area contributed by atoms with Crippen molar-refractivity contribution in [2.24, 2.45) is 11.8 Å². The fourth-order valence-electron chi connectivity index (χ4n) is 1.36. The van der Waals surface area contributed by atoms with E-state index in [0.29, 0.717) is 11.8 Å². The highest BCUT2D eigenvalue weighted by Gasteiger charge is 2.04. The fraction of sp³-hybridized carbons (Fsp3) is 0.750. The monoisotopic (exact) mass is 226 g/mol. The predicted octanol–water partition coefficient (Wildman–Crippen LogP) is 3.09. The minimum atomic E-state index is 0.702. The Morgan fingerprint density at radius 1 is 1.27 bits per heavy atom. The molecule has 1 N–H and O–H groups in total. The quantitative estimate of drug-likeness (QED) is 0.806. The molecule has 0 atom stereocenters. The molecular weight excluding hydrogens is 204 g/mol. The SMILES string of the molecule is CC(C)CNCc1csc(CC(C)C)n1. The van der Waals surface area contributed by atoms with Crippen molar-refractivity contribution in [3.8, 4) is 0 Å². The van der Waals surface area contributed by atoms with Crippen molar-refractivity contribution in [3.63, 3.8) is 0 Å². The fourth-order valence-corrected chi connectivity index (χ4v) is 2.37. The van der Waals surface area contributed by atoms with Gasteiger partial charge in [0.05, 0.1) is 10.7 Å². The lowest BCUT2D eigenvalue weighted by atomic mass is 10.1. The second-order valence-corrected chi connectivity index (χ2v) is 5.80. The van der Waals surface area contributed by atoms with Crippen LogP contribution >= 0.6 is 11.3 Å². The van der Waals surface area contributed by atoms with Crippen LogP contribution in [0.4, 0.5) is 0 Å². The summed E-state index contributed by atoms with van der Waals surface area (Å²) in [5.41, 5.74) is 1.19. The number of nitrogens with zero attached hydrogens (tertiary/aromatic N) is 1. The van der Waals surface area contributed by atoms with Crippen LogP contribution in [-0.2, 0) is 13.0 Å². The number of thiazole rings is 1. The first-order valence-electron chi connectivity index (χ1n) is 5.72. The molecule has 1 rings (SSSR count). The van der Waals surface area contributed by atoms with Crippen LogP contribution in [0.2, 0.25) is 0 Å². The predicted molar refractivity (Wildman–Crippen MR) is 67.2 cm³/mol. The Morgan fingerprint density at radius 3 is 2.60 bits per heavy atom. The van der Waals surface area contributed by atoms with Crippen molar-refractivity contribution >= 4 is 11.3 Å². The molecule has 0 amide bonds. The van der Waals surface area contributed by atoms with Crippen LogP contribution in [0.15, 0.2) is 5.38 Å². The standard InChI is InChI=1S/C12H22N2S/c1-9(2)5-12-14-11(8-15-12)7-13-6-10(3)4/h8-10,13H,5-7H2,1-4H3. The smallest absolute Gasteiger partial charge is 0.0931 e. The summed E-state index contributed by atoms with van der Waals surface area (Å²) >= 11 is 1.79. The van der Waals surface area contributed by atoms with Crippen LogP contribution < -0.4 is 5.32 Å². The number of aromatic nitrogens is 1. The Hall–Kier alpha value is -0.410. The molecular formula is C12H22N2S. The van der Waals surface area contributed by atoms with Gasteiger partial charge in [-0.3, -0.25) is 0 Å². The maximum Gasteiger partial charge on any atom is 0.0931 e. The third-order valence-corrected chi connectivity index (χ3v) is 2.96. The van der Waals surface area contributed by atoms with E-state index in [-0.39, 0.29) is 0 Å². The van der Waals surface area contributed by atoms with Gasteiger partial charge in [0, 0.05) is 18.3 Å². The van der Waals surface area contributed by atoms with Crippen molar-refractivity contribution < 1.29 is 0 Å². The zero-order chi connectivity index (χ0) is 11.3. The molecule has 3 heteroatoms. The molecule has 0 unspecified atom stereocenters. The number of nitrogens with one attached hydrogen (secondary N) is 1. The maximum atomic E-state index is 4.60. The Labute approximate surface area is 97.1 Å². The second-order valence-electron chi connectivity index (χ2n) is 4.86. The molecule has 0 saturated carbocycles. The summed E-state index contributed by atoms with van der Waals surface area (Å²) in [6.45, 7) is 10.9. The lowest BCUT2D eigenvalue weighted by Gasteiger charge is -2.04. The molecule has 2 nitrogen and oxygen atoms in total. The molecule has 1 aromatic heterocycles. The molecule has 0 aliphatic rings. The van der Waals surface area contributed by atoms with E-state index < -0.39 is 0 Å². The van der Waals surface area contributed by atoms with Gasteiger partial charge in [0.1, 0.15) is 0 Å². The largest absolute Gasteiger partial charge is 0.311 e. The highest BCUT2D eigenvalue weighted by atomic mass is 32.1. The van der Waals surface area contributed by atoms with Crippen LogP contribution in [0.1, 0.15) is 38.4 Å². The van der Waals surface area contributed by atoms with Gasteiger partial charge in [0.25, 0.3) is 0 Å². The molecule has 15 heavy (non-hydrogen) atoms. The Bertz CT molecular complexity index is 279. The van der Waals surface area contributed by atoms with Gasteiger partial charge in [0.15, 0.2) is 0 Å². The molecule has 0 aliphatic carbocycles. The summed E-state index contributed by atoms with van der Waals surface area (Å²) in [5.74, 6) is 1.41. The minimum Gasteiger partial charge on any atom is -0.311 e. The molecule has 0 spiro atoms. The first-order chi connectivity index (χ1) is 7.08. The highest BCUT2D eigenvalue weighted by molar-refractivity contribution is 7.09. The molecule has 0 radical (unpaired) electrons. The number of hydrogen-bond acceptors (Lipinski definition) is 3. The summed E-state index contributed by atoms with van der Waals surface area (Å²) in [6.07, 6.45) is 1.11. The van der Waals surface area contributed by atoms with Gasteiger partial charge in [-0.05, 0) is 18.4 Å². The lowest BCUT2D eigenvalue weighted by molar-refractivity contribution is 0.548. The Morgan fingerprint density at radius 2 is 2.00 bits per heavy atom. The van der Waals surface area contributed by atoms with E-state index in [0.717, 1.165) is 19.5 Å². The van der Waals surface area contributed by atoms with Gasteiger partial charge in [-0.15, -0.1) is 11.3 Å². The molecule has 0 fully saturated rings. The number of rotatable bonds is 6. The van der Waals surface area contributed by atoms with Crippen molar-refractivity contribution in [1.29, 1.82) is 0 Å². The van der Waals surface area contributed by atoms with Gasteiger partial charge >= 0.3 is 0 Å². The Balaban J connectivity index is 2.33. The van der Waals surface area contributed by atoms with E-state index in [2.05, 4.69) is 43.4 Å². The van der Waals surface area contributed by atoms with Gasteiger partial charge in [-0.2, -0.15) is 0 Å². The van der Waals surface area contributed by atoms with E-state index in [1.165, 1.54) is 10.7 Å². The summed E-state index contributed by atoms with van der Waals surface area (Å²) < 4.78 is 0. The van der Waals surface area contributed by atoms with Crippen LogP contribution in [0.5, 0.6) is 0 Å². The maximum absolute atomic E-state index is 4.60. The molecule has 0 aromatic carbocycles. The van der Waals surface area contributed by atoms with Crippen LogP contribution in [0, 0.1) is 11.8 Å². The topological polar surface area (TPSA) is 24.9 Å². The average molecular weight is 226 g/mol. The summed E-state index contributed by atoms with van der Waals surface area (Å²) in [5, 5.41) is 6.85. The normalized spacial score (nSPS) is 11.6. The second kappa shape index (κ2) is 6.23. The molecule has 1 aromatic rings. The zero-order valence-corrected chi connectivity index (χ0v) is 11.0. The first kappa shape index (κ1) is 12.7. The van der Waals surface area contributed by atoms with Gasteiger partial charge in [0.2, 0.25) is 0 Å². The van der Waals surface area contributed by atoms with Crippen molar-refractivity contribution in [2.45, 2.75) is 40.7 Å². The third-order valence-electron chi connectivity index (χ3n) is 2.04. The molecule has 0 bridgehead atoms. The summed E-state index contributed by atoms with van der Waals surface area (Å²) in [6, 6.07) is 0. The molecule has 0 aliphatic heterocycles. The van der Waals surface area contributed by atoms with Crippen LogP contribution in [0.25, 0.3) is 0 Å². The van der Waals surface area contributed by atoms with Crippen molar-refractivity contribution in [1.82, 2.24) is 10.3 Å². The summed E-state index contributed by atoms with van der Waals surface area (Å²) in [4.78, 5) is 4.60. The Kier molecular flexibility index (Phi) is 5.26. The van der Waals surface area contributed by atoms with Crippen LogP contribution in [0.3, 0.4) is 0 Å². The third kappa shape index (κ3) is 5.28. The number of hydrogen-bond donors (Lipinski definition) is 1. The van der Waals surface area contributed by atoms with Crippen LogP contribution in [-0.4, -0.2) is 11.5 Å². The highest BCUT2D eigenvalue weighted by Crippen LogP contribution is 2.14. The van der Waals surface area contributed by atoms with E-state index >= 15 is 0 Å². The molecule has 1 heterocycles. The van der Waals surface area contributed by atoms with E-state index in [1.54, 1.807) is 11.3 Å². The molecule has 86 valence electrons. The minimum absolute atomic E-state index is 0.702. The van der Waals surface area contributed by atoms with Gasteiger partial charge < -0.3 is 5.32 Å². The van der Waals surface area contributed by atoms with E-state index in [4.69, 9.17) is 0 Å². The molecule has 0 saturated heterocycles. The van der Waals surface area contributed by atoms with Crippen molar-refractivity contribution in [2.75, 3.05) is 6.54 Å². The average Bonchev–Trinajstić information content (AvgIpc) is 2.50. The first-order valence-corrected chi connectivity index (χ1v) is 6.60. The van der Waals surface area contributed by atoms with Gasteiger partial charge in [-0.25, -0.2) is 4.98 Å². The van der Waals surface area contributed by atoms with Crippen molar-refractivity contribution in [3.05, 3.63) is 16.1 Å². The lowest BCUT2D eigenvalue weighted by Crippen LogP contribution is -2.19. The van der Waals surface area contributed by atoms with E-state index in [9.17, 15) is 0 Å². The zero-order valence-electron chi connectivity index (χ0n) is 10.2. The summed E-state index contributed by atoms with van der Waals surface area (Å²) in [7, 11) is 0.